The molecule has 26 heavy (non-hydrogen) atoms. The van der Waals surface area contributed by atoms with Gasteiger partial charge < -0.3 is 18.9 Å². The van der Waals surface area contributed by atoms with E-state index in [1.54, 1.807) is 0 Å². The monoisotopic (exact) mass is 363 g/mol. The Labute approximate surface area is 149 Å². The quantitative estimate of drug-likeness (QED) is 0.258. The van der Waals surface area contributed by atoms with Crippen molar-refractivity contribution in [1.82, 2.24) is 4.98 Å². The molecule has 0 fully saturated rings. The highest BCUT2D eigenvalue weighted by molar-refractivity contribution is 5.94. The molecule has 0 aliphatic heterocycles. The maximum absolute atomic E-state index is 11.9. The van der Waals surface area contributed by atoms with Crippen LogP contribution in [-0.2, 0) is 28.5 Å². The van der Waals surface area contributed by atoms with Crippen molar-refractivity contribution in [3.05, 3.63) is 54.9 Å². The molecule has 0 amide bonds. The second-order valence-electron chi connectivity index (χ2n) is 4.48. The van der Waals surface area contributed by atoms with E-state index in [9.17, 15) is 19.2 Å². The Morgan fingerprint density at radius 1 is 0.769 bits per heavy atom. The Hall–Kier alpha value is -3.49. The fraction of sp³-hybridized carbons (Fsp3) is 0.235. The Bertz CT molecular complexity index is 643. The third-order valence-corrected chi connectivity index (χ3v) is 2.66. The fourth-order valence-electron chi connectivity index (χ4n) is 1.50. The zero-order valence-corrected chi connectivity index (χ0v) is 13.8. The Morgan fingerprint density at radius 2 is 1.15 bits per heavy atom. The molecule has 0 radical (unpaired) electrons. The van der Waals surface area contributed by atoms with Gasteiger partial charge in [-0.15, -0.1) is 0 Å². The summed E-state index contributed by atoms with van der Waals surface area (Å²) in [7, 11) is 0. The van der Waals surface area contributed by atoms with E-state index in [4.69, 9.17) is 9.47 Å². The average molecular weight is 363 g/mol. The molecule has 138 valence electrons. The zero-order chi connectivity index (χ0) is 19.4. The topological polar surface area (TPSA) is 118 Å². The lowest BCUT2D eigenvalue weighted by atomic mass is 10.2. The van der Waals surface area contributed by atoms with Crippen molar-refractivity contribution < 1.29 is 38.1 Å². The first-order chi connectivity index (χ1) is 12.5. The largest absolute Gasteiger partial charge is 0.459 e. The minimum atomic E-state index is -0.748. The smallest absolute Gasteiger partial charge is 0.339 e. The van der Waals surface area contributed by atoms with Crippen LogP contribution in [0.1, 0.15) is 20.7 Å². The average Bonchev–Trinajstić information content (AvgIpc) is 2.67. The number of carbonyl (C=O) groups is 4. The van der Waals surface area contributed by atoms with Crippen molar-refractivity contribution >= 4 is 23.9 Å². The van der Waals surface area contributed by atoms with Crippen LogP contribution in [0.25, 0.3) is 0 Å². The number of ether oxygens (including phenoxy) is 4. The minimum Gasteiger partial charge on any atom is -0.459 e. The lowest BCUT2D eigenvalue weighted by Crippen LogP contribution is -2.15. The number of esters is 4. The van der Waals surface area contributed by atoms with Crippen LogP contribution in [0.4, 0.5) is 0 Å². The summed E-state index contributed by atoms with van der Waals surface area (Å²) in [4.78, 5) is 49.2. The summed E-state index contributed by atoms with van der Waals surface area (Å²) in [6.45, 7) is 5.86. The number of hydrogen-bond donors (Lipinski definition) is 0. The summed E-state index contributed by atoms with van der Waals surface area (Å²) in [6, 6.07) is 1.24. The van der Waals surface area contributed by atoms with Crippen molar-refractivity contribution in [3.63, 3.8) is 0 Å². The summed E-state index contributed by atoms with van der Waals surface area (Å²) in [6.07, 6.45) is 4.39. The molecule has 1 rings (SSSR count). The van der Waals surface area contributed by atoms with Crippen LogP contribution < -0.4 is 0 Å². The van der Waals surface area contributed by atoms with Gasteiger partial charge in [0.1, 0.15) is 26.4 Å². The molecule has 1 heterocycles. The van der Waals surface area contributed by atoms with Gasteiger partial charge in [0.25, 0.3) is 0 Å². The van der Waals surface area contributed by atoms with Gasteiger partial charge in [-0.1, -0.05) is 13.2 Å². The zero-order valence-electron chi connectivity index (χ0n) is 13.8. The van der Waals surface area contributed by atoms with Gasteiger partial charge in [-0.3, -0.25) is 4.98 Å². The summed E-state index contributed by atoms with van der Waals surface area (Å²) in [5.74, 6) is -2.76. The Morgan fingerprint density at radius 3 is 1.54 bits per heavy atom. The molecule has 0 spiro atoms. The Balaban J connectivity index is 2.47. The number of carbonyl (C=O) groups excluding carboxylic acids is 4. The van der Waals surface area contributed by atoms with Gasteiger partial charge in [0, 0.05) is 24.5 Å². The second kappa shape index (κ2) is 11.1. The van der Waals surface area contributed by atoms with Crippen LogP contribution in [-0.4, -0.2) is 55.3 Å². The second-order valence-corrected chi connectivity index (χ2v) is 4.48. The van der Waals surface area contributed by atoms with E-state index < -0.39 is 23.9 Å². The van der Waals surface area contributed by atoms with E-state index in [1.165, 1.54) is 18.5 Å². The first-order valence-electron chi connectivity index (χ1n) is 7.35. The van der Waals surface area contributed by atoms with Gasteiger partial charge in [0.15, 0.2) is 0 Å². The maximum Gasteiger partial charge on any atom is 0.339 e. The van der Waals surface area contributed by atoms with E-state index in [1.807, 2.05) is 0 Å². The third kappa shape index (κ3) is 7.39. The molecule has 0 saturated carbocycles. The van der Waals surface area contributed by atoms with Crippen LogP contribution in [0, 0.1) is 0 Å². The van der Waals surface area contributed by atoms with E-state index in [2.05, 4.69) is 27.6 Å². The van der Waals surface area contributed by atoms with Gasteiger partial charge in [0.05, 0.1) is 11.1 Å². The number of nitrogens with zero attached hydrogens (tertiary/aromatic N) is 1. The van der Waals surface area contributed by atoms with Gasteiger partial charge in [-0.05, 0) is 6.07 Å². The predicted molar refractivity (Wildman–Crippen MR) is 87.1 cm³/mol. The first kappa shape index (κ1) is 20.6. The molecule has 0 atom stereocenters. The molecule has 0 aliphatic rings. The van der Waals surface area contributed by atoms with Crippen molar-refractivity contribution in [2.75, 3.05) is 26.4 Å². The summed E-state index contributed by atoms with van der Waals surface area (Å²) in [5.41, 5.74) is 0.0418. The summed E-state index contributed by atoms with van der Waals surface area (Å²) >= 11 is 0. The molecule has 9 nitrogen and oxygen atoms in total. The standard InChI is InChI=1S/C17H17NO8/c1-3-14(19)23-5-7-25-16(21)12-9-13(11-18-10-12)17(22)26-8-6-24-15(20)4-2/h3-4,9-11H,1-2,5-8H2. The van der Waals surface area contributed by atoms with E-state index in [-0.39, 0.29) is 37.6 Å². The van der Waals surface area contributed by atoms with E-state index >= 15 is 0 Å². The normalized spacial score (nSPS) is 9.54. The number of rotatable bonds is 10. The molecule has 0 bridgehead atoms. The van der Waals surface area contributed by atoms with E-state index in [0.29, 0.717) is 0 Å². The molecular formula is C17H17NO8. The molecule has 0 aliphatic carbocycles. The van der Waals surface area contributed by atoms with Crippen molar-refractivity contribution in [1.29, 1.82) is 0 Å². The highest BCUT2D eigenvalue weighted by Crippen LogP contribution is 2.06. The number of pyridine rings is 1. The third-order valence-electron chi connectivity index (χ3n) is 2.66. The Kier molecular flexibility index (Phi) is 8.80. The highest BCUT2D eigenvalue weighted by Gasteiger charge is 2.14. The summed E-state index contributed by atoms with van der Waals surface area (Å²) in [5, 5.41) is 0. The molecule has 9 heteroatoms. The molecule has 0 N–H and O–H groups in total. The van der Waals surface area contributed by atoms with Crippen molar-refractivity contribution in [3.8, 4) is 0 Å². The predicted octanol–water partition coefficient (Wildman–Crippen LogP) is 0.854. The lowest BCUT2D eigenvalue weighted by molar-refractivity contribution is -0.139. The number of aromatic nitrogens is 1. The molecule has 1 aromatic heterocycles. The first-order valence-corrected chi connectivity index (χ1v) is 7.35. The fourth-order valence-corrected chi connectivity index (χ4v) is 1.50. The maximum atomic E-state index is 11.9. The van der Waals surface area contributed by atoms with Crippen LogP contribution in [0.5, 0.6) is 0 Å². The number of hydrogen-bond acceptors (Lipinski definition) is 9. The molecule has 1 aromatic rings. The van der Waals surface area contributed by atoms with Gasteiger partial charge in [-0.25, -0.2) is 19.2 Å². The van der Waals surface area contributed by atoms with Crippen LogP contribution >= 0.6 is 0 Å². The molecule has 0 aromatic carbocycles. The van der Waals surface area contributed by atoms with Gasteiger partial charge in [-0.2, -0.15) is 0 Å². The van der Waals surface area contributed by atoms with Crippen molar-refractivity contribution in [2.45, 2.75) is 0 Å². The highest BCUT2D eigenvalue weighted by atomic mass is 16.6. The van der Waals surface area contributed by atoms with Gasteiger partial charge >= 0.3 is 23.9 Å². The minimum absolute atomic E-state index is 0.0209. The molecule has 0 unspecified atom stereocenters. The van der Waals surface area contributed by atoms with Crippen LogP contribution in [0.15, 0.2) is 43.8 Å². The SMILES string of the molecule is C=CC(=O)OCCOC(=O)c1cncc(C(=O)OCCOC(=O)C=C)c1. The summed E-state index contributed by atoms with van der Waals surface area (Å²) < 4.78 is 19.1. The van der Waals surface area contributed by atoms with E-state index in [0.717, 1.165) is 12.2 Å². The lowest BCUT2D eigenvalue weighted by Gasteiger charge is -2.07. The van der Waals surface area contributed by atoms with Crippen LogP contribution in [0.2, 0.25) is 0 Å². The molecular weight excluding hydrogens is 346 g/mol. The van der Waals surface area contributed by atoms with Crippen molar-refractivity contribution in [2.24, 2.45) is 0 Å². The van der Waals surface area contributed by atoms with Gasteiger partial charge in [0.2, 0.25) is 0 Å². The van der Waals surface area contributed by atoms with Crippen LogP contribution in [0.3, 0.4) is 0 Å². The molecule has 0 saturated heterocycles.